The summed E-state index contributed by atoms with van der Waals surface area (Å²) in [6, 6.07) is -2.96. The fourth-order valence-electron chi connectivity index (χ4n) is 1.75. The number of aromatic nitrogens is 1. The van der Waals surface area contributed by atoms with Crippen LogP contribution in [-0.4, -0.2) is 64.2 Å². The molecular weight excluding hydrogens is 432 g/mol. The van der Waals surface area contributed by atoms with Gasteiger partial charge in [-0.1, -0.05) is 5.16 Å². The number of nitrogen functional groups attached to an aromatic ring is 1. The molecule has 16 heteroatoms. The minimum Gasteiger partial charge on any atom is -0.478 e. The van der Waals surface area contributed by atoms with Gasteiger partial charge in [0.1, 0.15) is 11.7 Å². The second-order valence-electron chi connectivity index (χ2n) is 6.15. The second-order valence-corrected chi connectivity index (χ2v) is 8.23. The van der Waals surface area contributed by atoms with Crippen molar-refractivity contribution in [1.29, 1.82) is 0 Å². The molecular formula is C13H20N6O8S2. The van der Waals surface area contributed by atoms with Gasteiger partial charge < -0.3 is 26.7 Å². The minimum absolute atomic E-state index is 0.0610. The van der Waals surface area contributed by atoms with Gasteiger partial charge in [0.15, 0.2) is 10.8 Å². The van der Waals surface area contributed by atoms with Gasteiger partial charge in [-0.3, -0.25) is 14.1 Å². The normalized spacial score (nSPS) is 14.7. The van der Waals surface area contributed by atoms with Gasteiger partial charge in [-0.15, -0.1) is 11.3 Å². The molecule has 29 heavy (non-hydrogen) atoms. The van der Waals surface area contributed by atoms with Crippen LogP contribution < -0.4 is 21.5 Å². The Morgan fingerprint density at radius 3 is 2.38 bits per heavy atom. The number of oxime groups is 1. The number of aliphatic carboxylic acids is 1. The largest absolute Gasteiger partial charge is 0.478 e. The van der Waals surface area contributed by atoms with Crippen molar-refractivity contribution in [3.8, 4) is 0 Å². The van der Waals surface area contributed by atoms with Crippen LogP contribution in [0.3, 0.4) is 0 Å². The highest BCUT2D eigenvalue weighted by Crippen LogP contribution is 2.15. The Morgan fingerprint density at radius 1 is 1.38 bits per heavy atom. The van der Waals surface area contributed by atoms with E-state index < -0.39 is 51.5 Å². The van der Waals surface area contributed by atoms with Gasteiger partial charge >= 0.3 is 16.3 Å². The first-order valence-corrected chi connectivity index (χ1v) is 10.0. The number of nitrogens with one attached hydrogen (secondary N) is 2. The third-order valence-corrected chi connectivity index (χ3v) is 4.63. The minimum atomic E-state index is -4.70. The first-order chi connectivity index (χ1) is 13.1. The van der Waals surface area contributed by atoms with Crippen molar-refractivity contribution in [2.75, 3.05) is 5.73 Å². The summed E-state index contributed by atoms with van der Waals surface area (Å²) in [7, 11) is -4.70. The quantitative estimate of drug-likeness (QED) is 0.130. The fourth-order valence-corrected chi connectivity index (χ4v) is 2.91. The molecule has 0 saturated carbocycles. The number of nitrogens with two attached hydrogens (primary N) is 2. The molecule has 162 valence electrons. The van der Waals surface area contributed by atoms with Crippen LogP contribution in [0.2, 0.25) is 0 Å². The lowest BCUT2D eigenvalue weighted by Gasteiger charge is -2.22. The van der Waals surface area contributed by atoms with Crippen LogP contribution in [0.1, 0.15) is 26.5 Å². The number of carbonyl (C=O) groups is 3. The number of thiazole rings is 1. The number of hydrogen-bond acceptors (Lipinski definition) is 10. The molecule has 0 radical (unpaired) electrons. The summed E-state index contributed by atoms with van der Waals surface area (Å²) in [5.41, 5.74) is 8.25. The van der Waals surface area contributed by atoms with Gasteiger partial charge in [-0.2, -0.15) is 13.1 Å². The Balaban J connectivity index is 3.22. The van der Waals surface area contributed by atoms with Crippen LogP contribution >= 0.6 is 11.3 Å². The van der Waals surface area contributed by atoms with Crippen LogP contribution in [0.5, 0.6) is 0 Å². The molecule has 1 rings (SSSR count). The molecule has 8 N–H and O–H groups in total. The van der Waals surface area contributed by atoms with Gasteiger partial charge in [0, 0.05) is 5.38 Å². The Kier molecular flexibility index (Phi) is 7.62. The molecule has 0 aliphatic rings. The Labute approximate surface area is 169 Å². The maximum Gasteiger partial charge on any atom is 0.350 e. The predicted octanol–water partition coefficient (Wildman–Crippen LogP) is -1.94. The van der Waals surface area contributed by atoms with Crippen molar-refractivity contribution in [2.45, 2.75) is 38.5 Å². The molecule has 1 heterocycles. The van der Waals surface area contributed by atoms with Crippen LogP contribution in [-0.2, 0) is 29.5 Å². The lowest BCUT2D eigenvalue weighted by Crippen LogP contribution is -2.57. The van der Waals surface area contributed by atoms with Gasteiger partial charge in [0.25, 0.3) is 5.91 Å². The molecule has 0 aliphatic carbocycles. The monoisotopic (exact) mass is 452 g/mol. The molecule has 1 aromatic heterocycles. The summed E-state index contributed by atoms with van der Waals surface area (Å²) in [4.78, 5) is 44.2. The van der Waals surface area contributed by atoms with Crippen molar-refractivity contribution < 1.29 is 37.3 Å². The summed E-state index contributed by atoms with van der Waals surface area (Å²) in [6.07, 6.45) is 0. The Bertz CT molecular complexity index is 925. The molecule has 2 amide bonds. The highest BCUT2D eigenvalue weighted by molar-refractivity contribution is 7.83. The van der Waals surface area contributed by atoms with Crippen LogP contribution in [0.25, 0.3) is 0 Å². The molecule has 0 unspecified atom stereocenters. The maximum atomic E-state index is 12.6. The highest BCUT2D eigenvalue weighted by atomic mass is 32.2. The molecule has 0 spiro atoms. The Hall–Kier alpha value is -2.82. The molecule has 0 aromatic carbocycles. The summed E-state index contributed by atoms with van der Waals surface area (Å²) in [6.45, 7) is 3.51. The van der Waals surface area contributed by atoms with Crippen LogP contribution in [0.4, 0.5) is 5.13 Å². The molecule has 1 aromatic rings. The van der Waals surface area contributed by atoms with E-state index in [-0.39, 0.29) is 10.8 Å². The molecule has 0 fully saturated rings. The second kappa shape index (κ2) is 9.12. The molecule has 0 bridgehead atoms. The standard InChI is InChI=1S/C13H20N6O8S2/c1-5(19-29(24,25)26)7(9(14)20)17-10(21)8(6-4-28-12(15)16-6)18-27-13(2,3)11(22)23/h4-5,7,19H,1-3H3,(H2,14,20)(H2,15,16)(H,17,21)(H,22,23)(H,24,25,26)/b18-8-/t5-,7-/m0/s1. The third-order valence-electron chi connectivity index (χ3n) is 3.29. The molecule has 2 atom stereocenters. The zero-order chi connectivity index (χ0) is 22.6. The van der Waals surface area contributed by atoms with E-state index in [1.807, 2.05) is 0 Å². The van der Waals surface area contributed by atoms with E-state index in [0.29, 0.717) is 0 Å². The number of amides is 2. The number of anilines is 1. The van der Waals surface area contributed by atoms with E-state index >= 15 is 0 Å². The number of rotatable bonds is 10. The van der Waals surface area contributed by atoms with Crippen molar-refractivity contribution in [2.24, 2.45) is 10.9 Å². The van der Waals surface area contributed by atoms with Crippen molar-refractivity contribution in [3.63, 3.8) is 0 Å². The average Bonchev–Trinajstić information content (AvgIpc) is 2.96. The van der Waals surface area contributed by atoms with Gasteiger partial charge in [-0.05, 0) is 20.8 Å². The van der Waals surface area contributed by atoms with E-state index in [2.05, 4.69) is 15.5 Å². The summed E-state index contributed by atoms with van der Waals surface area (Å²) in [5.74, 6) is -3.60. The molecule has 14 nitrogen and oxygen atoms in total. The Morgan fingerprint density at radius 2 is 1.97 bits per heavy atom. The third kappa shape index (κ3) is 7.26. The van der Waals surface area contributed by atoms with Crippen molar-refractivity contribution >= 4 is 50.3 Å². The number of hydrogen-bond donors (Lipinski definition) is 6. The lowest BCUT2D eigenvalue weighted by atomic mass is 10.1. The zero-order valence-electron chi connectivity index (χ0n) is 15.4. The number of carbonyl (C=O) groups excluding carboxylic acids is 2. The lowest BCUT2D eigenvalue weighted by molar-refractivity contribution is -0.161. The van der Waals surface area contributed by atoms with E-state index in [0.717, 1.165) is 18.3 Å². The van der Waals surface area contributed by atoms with Crippen LogP contribution in [0.15, 0.2) is 10.5 Å². The first kappa shape index (κ1) is 24.2. The van der Waals surface area contributed by atoms with E-state index in [4.69, 9.17) is 26.0 Å². The maximum absolute atomic E-state index is 12.6. The van der Waals surface area contributed by atoms with E-state index in [1.54, 1.807) is 4.72 Å². The fraction of sp³-hybridized carbons (Fsp3) is 0.462. The smallest absolute Gasteiger partial charge is 0.350 e. The number of carboxylic acids is 1. The SMILES string of the molecule is C[C@H](NS(=O)(=O)O)[C@H](NC(=O)/C(=N\OC(C)(C)C(=O)O)c1csc(N)n1)C(N)=O. The molecule has 0 aliphatic heterocycles. The molecule has 0 saturated heterocycles. The highest BCUT2D eigenvalue weighted by Gasteiger charge is 2.33. The van der Waals surface area contributed by atoms with Crippen molar-refractivity contribution in [3.05, 3.63) is 11.1 Å². The zero-order valence-corrected chi connectivity index (χ0v) is 17.1. The van der Waals surface area contributed by atoms with Crippen LogP contribution in [0, 0.1) is 0 Å². The number of primary amides is 1. The summed E-state index contributed by atoms with van der Waals surface area (Å²) in [5, 5.41) is 16.1. The van der Waals surface area contributed by atoms with Gasteiger partial charge in [-0.25, -0.2) is 9.78 Å². The van der Waals surface area contributed by atoms with Crippen molar-refractivity contribution in [1.82, 2.24) is 15.0 Å². The predicted molar refractivity (Wildman–Crippen MR) is 101 cm³/mol. The van der Waals surface area contributed by atoms with Gasteiger partial charge in [0.2, 0.25) is 11.5 Å². The number of nitrogens with zero attached hydrogens (tertiary/aromatic N) is 2. The van der Waals surface area contributed by atoms with E-state index in [9.17, 15) is 22.8 Å². The topological polar surface area (TPSA) is 236 Å². The summed E-state index contributed by atoms with van der Waals surface area (Å²) < 4.78 is 32.4. The first-order valence-electron chi connectivity index (χ1n) is 7.70. The summed E-state index contributed by atoms with van der Waals surface area (Å²) >= 11 is 0.947. The van der Waals surface area contributed by atoms with E-state index in [1.165, 1.54) is 19.2 Å². The van der Waals surface area contributed by atoms with Gasteiger partial charge in [0.05, 0.1) is 6.04 Å². The number of carboxylic acid groups (broad SMARTS) is 1. The average molecular weight is 452 g/mol.